The SMILES string of the molecule is CN1CCC(CC(=O)O)c2cc(C(F)(F)F)ccc21. The summed E-state index contributed by atoms with van der Waals surface area (Å²) >= 11 is 0. The second-order valence-corrected chi connectivity index (χ2v) is 4.78. The predicted molar refractivity (Wildman–Crippen MR) is 64.3 cm³/mol. The average molecular weight is 273 g/mol. The van der Waals surface area contributed by atoms with Gasteiger partial charge in [-0.25, -0.2) is 0 Å². The fourth-order valence-electron chi connectivity index (χ4n) is 2.45. The summed E-state index contributed by atoms with van der Waals surface area (Å²) in [5.74, 6) is -1.34. The normalized spacial score (nSPS) is 19.2. The number of carbonyl (C=O) groups is 1. The van der Waals surface area contributed by atoms with Gasteiger partial charge in [0, 0.05) is 19.3 Å². The Bertz CT molecular complexity index is 499. The van der Waals surface area contributed by atoms with Crippen molar-refractivity contribution in [2.24, 2.45) is 0 Å². The van der Waals surface area contributed by atoms with Gasteiger partial charge in [0.1, 0.15) is 0 Å². The number of rotatable bonds is 2. The van der Waals surface area contributed by atoms with E-state index in [9.17, 15) is 18.0 Å². The third kappa shape index (κ3) is 2.83. The minimum absolute atomic E-state index is 0.137. The molecule has 6 heteroatoms. The van der Waals surface area contributed by atoms with Gasteiger partial charge < -0.3 is 10.0 Å². The topological polar surface area (TPSA) is 40.5 Å². The molecule has 1 aliphatic heterocycles. The molecule has 0 spiro atoms. The quantitative estimate of drug-likeness (QED) is 0.900. The van der Waals surface area contributed by atoms with Crippen LogP contribution in [0, 0.1) is 0 Å². The van der Waals surface area contributed by atoms with Crippen LogP contribution in [0.15, 0.2) is 18.2 Å². The van der Waals surface area contributed by atoms with Crippen molar-refractivity contribution in [2.75, 3.05) is 18.5 Å². The van der Waals surface area contributed by atoms with Crippen LogP contribution in [-0.2, 0) is 11.0 Å². The zero-order valence-corrected chi connectivity index (χ0v) is 10.4. The number of fused-ring (bicyclic) bond motifs is 1. The van der Waals surface area contributed by atoms with Crippen LogP contribution in [-0.4, -0.2) is 24.7 Å². The first kappa shape index (κ1) is 13.7. The molecule has 1 aromatic carbocycles. The Morgan fingerprint density at radius 1 is 1.47 bits per heavy atom. The van der Waals surface area contributed by atoms with E-state index >= 15 is 0 Å². The second kappa shape index (κ2) is 4.75. The highest BCUT2D eigenvalue weighted by Crippen LogP contribution is 2.40. The third-order valence-electron chi connectivity index (χ3n) is 3.44. The third-order valence-corrected chi connectivity index (χ3v) is 3.44. The van der Waals surface area contributed by atoms with Crippen LogP contribution in [0.5, 0.6) is 0 Å². The van der Waals surface area contributed by atoms with Crippen LogP contribution >= 0.6 is 0 Å². The molecule has 0 saturated carbocycles. The largest absolute Gasteiger partial charge is 0.481 e. The van der Waals surface area contributed by atoms with Crippen molar-refractivity contribution < 1.29 is 23.1 Å². The lowest BCUT2D eigenvalue weighted by Gasteiger charge is -2.33. The van der Waals surface area contributed by atoms with Gasteiger partial charge >= 0.3 is 12.1 Å². The molecule has 1 atom stereocenters. The maximum absolute atomic E-state index is 12.7. The Hall–Kier alpha value is -1.72. The van der Waals surface area contributed by atoms with Crippen molar-refractivity contribution in [3.8, 4) is 0 Å². The Kier molecular flexibility index (Phi) is 3.43. The molecule has 0 amide bonds. The number of hydrogen-bond acceptors (Lipinski definition) is 2. The van der Waals surface area contributed by atoms with Gasteiger partial charge in [0.05, 0.1) is 12.0 Å². The number of hydrogen-bond donors (Lipinski definition) is 1. The van der Waals surface area contributed by atoms with Gasteiger partial charge in [-0.05, 0) is 36.1 Å². The minimum Gasteiger partial charge on any atom is -0.481 e. The van der Waals surface area contributed by atoms with E-state index in [1.165, 1.54) is 6.07 Å². The van der Waals surface area contributed by atoms with Gasteiger partial charge in [-0.15, -0.1) is 0 Å². The number of benzene rings is 1. The van der Waals surface area contributed by atoms with E-state index in [1.807, 2.05) is 4.90 Å². The summed E-state index contributed by atoms with van der Waals surface area (Å²) in [5.41, 5.74) is 0.438. The smallest absolute Gasteiger partial charge is 0.416 e. The van der Waals surface area contributed by atoms with Gasteiger partial charge in [-0.2, -0.15) is 13.2 Å². The van der Waals surface area contributed by atoms with E-state index < -0.39 is 17.7 Å². The van der Waals surface area contributed by atoms with Crippen molar-refractivity contribution in [2.45, 2.75) is 24.9 Å². The molecule has 0 aliphatic carbocycles. The Morgan fingerprint density at radius 2 is 2.16 bits per heavy atom. The number of carboxylic acid groups (broad SMARTS) is 1. The molecule has 1 aromatic rings. The molecule has 2 rings (SSSR count). The lowest BCUT2D eigenvalue weighted by molar-refractivity contribution is -0.138. The lowest BCUT2D eigenvalue weighted by Crippen LogP contribution is -2.28. The molecule has 3 nitrogen and oxygen atoms in total. The number of nitrogens with zero attached hydrogens (tertiary/aromatic N) is 1. The zero-order chi connectivity index (χ0) is 14.2. The number of halogens is 3. The molecule has 1 unspecified atom stereocenters. The van der Waals surface area contributed by atoms with Crippen molar-refractivity contribution >= 4 is 11.7 Å². The summed E-state index contributed by atoms with van der Waals surface area (Å²) in [7, 11) is 1.79. The van der Waals surface area contributed by atoms with Crippen molar-refractivity contribution in [1.29, 1.82) is 0 Å². The number of carboxylic acids is 1. The summed E-state index contributed by atoms with van der Waals surface area (Å²) in [4.78, 5) is 12.7. The van der Waals surface area contributed by atoms with Crippen LogP contribution < -0.4 is 4.90 Å². The van der Waals surface area contributed by atoms with Crippen LogP contribution in [0.25, 0.3) is 0 Å². The molecule has 104 valence electrons. The van der Waals surface area contributed by atoms with Gasteiger partial charge in [0.15, 0.2) is 0 Å². The molecule has 0 radical (unpaired) electrons. The van der Waals surface area contributed by atoms with E-state index in [2.05, 4.69) is 0 Å². The maximum Gasteiger partial charge on any atom is 0.416 e. The molecule has 1 N–H and O–H groups in total. The van der Waals surface area contributed by atoms with Crippen LogP contribution in [0.1, 0.15) is 29.9 Å². The molecule has 0 bridgehead atoms. The fourth-order valence-corrected chi connectivity index (χ4v) is 2.45. The minimum atomic E-state index is -4.40. The molecule has 0 fully saturated rings. The van der Waals surface area contributed by atoms with Gasteiger partial charge in [-0.3, -0.25) is 4.79 Å². The lowest BCUT2D eigenvalue weighted by atomic mass is 9.86. The van der Waals surface area contributed by atoms with E-state index in [4.69, 9.17) is 5.11 Å². The molecule has 0 saturated heterocycles. The number of aliphatic carboxylic acids is 1. The van der Waals surface area contributed by atoms with E-state index in [0.29, 0.717) is 24.2 Å². The monoisotopic (exact) mass is 273 g/mol. The van der Waals surface area contributed by atoms with Crippen LogP contribution in [0.3, 0.4) is 0 Å². The zero-order valence-electron chi connectivity index (χ0n) is 10.4. The van der Waals surface area contributed by atoms with Gasteiger partial charge in [0.25, 0.3) is 0 Å². The molecular formula is C13H14F3NO2. The highest BCUT2D eigenvalue weighted by atomic mass is 19.4. The van der Waals surface area contributed by atoms with E-state index in [1.54, 1.807) is 7.05 Å². The maximum atomic E-state index is 12.7. The standard InChI is InChI=1S/C13H14F3NO2/c1-17-5-4-8(6-12(18)19)10-7-9(13(14,15)16)2-3-11(10)17/h2-3,7-8H,4-6H2,1H3,(H,18,19). The first-order valence-electron chi connectivity index (χ1n) is 5.93. The number of alkyl halides is 3. The summed E-state index contributed by atoms with van der Waals surface area (Å²) in [6, 6.07) is 3.54. The molecular weight excluding hydrogens is 259 g/mol. The summed E-state index contributed by atoms with van der Waals surface area (Å²) in [6.07, 6.45) is -3.99. The fraction of sp³-hybridized carbons (Fsp3) is 0.462. The molecule has 0 aromatic heterocycles. The van der Waals surface area contributed by atoms with Crippen molar-refractivity contribution in [1.82, 2.24) is 0 Å². The van der Waals surface area contributed by atoms with Crippen LogP contribution in [0.2, 0.25) is 0 Å². The van der Waals surface area contributed by atoms with Gasteiger partial charge in [0.2, 0.25) is 0 Å². The Morgan fingerprint density at radius 3 is 2.74 bits per heavy atom. The highest BCUT2D eigenvalue weighted by molar-refractivity contribution is 5.70. The van der Waals surface area contributed by atoms with E-state index in [-0.39, 0.29) is 12.3 Å². The van der Waals surface area contributed by atoms with Gasteiger partial charge in [-0.1, -0.05) is 0 Å². The Labute approximate surface area is 108 Å². The molecule has 1 aliphatic rings. The summed E-state index contributed by atoms with van der Waals surface area (Å²) in [5, 5.41) is 8.85. The number of anilines is 1. The van der Waals surface area contributed by atoms with E-state index in [0.717, 1.165) is 12.1 Å². The highest BCUT2D eigenvalue weighted by Gasteiger charge is 2.33. The Balaban J connectivity index is 2.44. The average Bonchev–Trinajstić information content (AvgIpc) is 2.31. The summed E-state index contributed by atoms with van der Waals surface area (Å²) in [6.45, 7) is 0.649. The first-order chi connectivity index (χ1) is 8.79. The predicted octanol–water partition coefficient (Wildman–Crippen LogP) is 3.10. The summed E-state index contributed by atoms with van der Waals surface area (Å²) < 4.78 is 38.1. The molecule has 19 heavy (non-hydrogen) atoms. The first-order valence-corrected chi connectivity index (χ1v) is 5.93. The van der Waals surface area contributed by atoms with Crippen molar-refractivity contribution in [3.05, 3.63) is 29.3 Å². The van der Waals surface area contributed by atoms with Crippen LogP contribution in [0.4, 0.5) is 18.9 Å². The second-order valence-electron chi connectivity index (χ2n) is 4.78. The van der Waals surface area contributed by atoms with Crippen molar-refractivity contribution in [3.63, 3.8) is 0 Å². The molecule has 1 heterocycles.